The normalized spacial score (nSPS) is 11.3. The molecule has 0 aromatic heterocycles. The first-order chi connectivity index (χ1) is 13.8. The Morgan fingerprint density at radius 1 is 0.931 bits per heavy atom. The molecule has 0 radical (unpaired) electrons. The Hall–Kier alpha value is -3.07. The van der Waals surface area contributed by atoms with Crippen LogP contribution in [0.25, 0.3) is 11.1 Å². The van der Waals surface area contributed by atoms with Crippen LogP contribution >= 0.6 is 0 Å². The number of aryl methyl sites for hydroxylation is 1. The van der Waals surface area contributed by atoms with Gasteiger partial charge in [-0.2, -0.15) is 0 Å². The molecule has 0 saturated carbocycles. The lowest BCUT2D eigenvalue weighted by Crippen LogP contribution is -2.26. The quantitative estimate of drug-likeness (QED) is 0.595. The highest BCUT2D eigenvalue weighted by molar-refractivity contribution is 6.01. The van der Waals surface area contributed by atoms with E-state index in [0.717, 1.165) is 23.1 Å². The molecule has 3 aromatic rings. The minimum absolute atomic E-state index is 0.130. The zero-order valence-corrected chi connectivity index (χ0v) is 17.6. The van der Waals surface area contributed by atoms with Gasteiger partial charge in [-0.25, -0.2) is 0 Å². The molecule has 0 aliphatic rings. The Morgan fingerprint density at radius 3 is 2.28 bits per heavy atom. The van der Waals surface area contributed by atoms with Crippen molar-refractivity contribution in [3.8, 4) is 16.9 Å². The third kappa shape index (κ3) is 5.05. The molecule has 0 aliphatic heterocycles. The van der Waals surface area contributed by atoms with Gasteiger partial charge in [0.15, 0.2) is 0 Å². The fourth-order valence-electron chi connectivity index (χ4n) is 3.42. The molecule has 3 rings (SSSR count). The average molecular weight is 388 g/mol. The van der Waals surface area contributed by atoms with Gasteiger partial charge in [-0.15, -0.1) is 0 Å². The zero-order chi connectivity index (χ0) is 21.0. The summed E-state index contributed by atoms with van der Waals surface area (Å²) in [6.45, 7) is 9.16. The summed E-state index contributed by atoms with van der Waals surface area (Å²) in [5.74, 6) is 0.0216. The monoisotopic (exact) mass is 387 g/mol. The number of hydrogen-bond donors (Lipinski definition) is 2. The number of phenols is 1. The van der Waals surface area contributed by atoms with Crippen molar-refractivity contribution >= 4 is 5.91 Å². The van der Waals surface area contributed by atoms with Crippen molar-refractivity contribution in [1.82, 2.24) is 5.32 Å². The maximum Gasteiger partial charge on any atom is 0.251 e. The molecule has 0 heterocycles. The standard InChI is InChI=1S/C26H29NO2/c1-18-7-5-6-8-22(18)24-17-21(28)13-14-23(24)25(29)27-16-15-19-9-11-20(12-10-19)26(2,3)4/h5-14,17,28H,15-16H2,1-4H3,(H,27,29). The number of phenolic OH excluding ortho intramolecular Hbond substituents is 1. The van der Waals surface area contributed by atoms with Crippen molar-refractivity contribution in [2.75, 3.05) is 6.54 Å². The van der Waals surface area contributed by atoms with Crippen LogP contribution in [0.5, 0.6) is 5.75 Å². The molecule has 0 atom stereocenters. The first-order valence-electron chi connectivity index (χ1n) is 10.0. The fourth-order valence-corrected chi connectivity index (χ4v) is 3.42. The van der Waals surface area contributed by atoms with Gasteiger partial charge >= 0.3 is 0 Å². The maximum absolute atomic E-state index is 12.8. The van der Waals surface area contributed by atoms with E-state index in [2.05, 4.69) is 50.4 Å². The highest BCUT2D eigenvalue weighted by atomic mass is 16.3. The Labute approximate surface area is 173 Å². The molecule has 3 aromatic carbocycles. The number of aromatic hydroxyl groups is 1. The zero-order valence-electron chi connectivity index (χ0n) is 17.6. The minimum atomic E-state index is -0.130. The number of carbonyl (C=O) groups excluding carboxylic acids is 1. The summed E-state index contributed by atoms with van der Waals surface area (Å²) in [6.07, 6.45) is 0.772. The topological polar surface area (TPSA) is 49.3 Å². The third-order valence-electron chi connectivity index (χ3n) is 5.20. The predicted molar refractivity (Wildman–Crippen MR) is 119 cm³/mol. The summed E-state index contributed by atoms with van der Waals surface area (Å²) >= 11 is 0. The van der Waals surface area contributed by atoms with Crippen LogP contribution in [-0.2, 0) is 11.8 Å². The fraction of sp³-hybridized carbons (Fsp3) is 0.269. The second kappa shape index (κ2) is 8.52. The van der Waals surface area contributed by atoms with E-state index < -0.39 is 0 Å². The number of benzene rings is 3. The van der Waals surface area contributed by atoms with Gasteiger partial charge in [0, 0.05) is 12.1 Å². The van der Waals surface area contributed by atoms with E-state index in [0.29, 0.717) is 12.1 Å². The van der Waals surface area contributed by atoms with E-state index in [1.165, 1.54) is 11.1 Å². The SMILES string of the molecule is Cc1ccccc1-c1cc(O)ccc1C(=O)NCCc1ccc(C(C)(C)C)cc1. The summed E-state index contributed by atoms with van der Waals surface area (Å²) < 4.78 is 0. The predicted octanol–water partition coefficient (Wildman–Crippen LogP) is 5.64. The van der Waals surface area contributed by atoms with Gasteiger partial charge in [0.05, 0.1) is 0 Å². The summed E-state index contributed by atoms with van der Waals surface area (Å²) in [5.41, 5.74) is 5.96. The van der Waals surface area contributed by atoms with Gasteiger partial charge in [-0.1, -0.05) is 69.3 Å². The first-order valence-corrected chi connectivity index (χ1v) is 10.0. The molecule has 1 amide bonds. The Kier molecular flexibility index (Phi) is 6.07. The van der Waals surface area contributed by atoms with Crippen LogP contribution in [-0.4, -0.2) is 17.6 Å². The van der Waals surface area contributed by atoms with E-state index in [1.54, 1.807) is 18.2 Å². The van der Waals surface area contributed by atoms with Gasteiger partial charge < -0.3 is 10.4 Å². The molecule has 0 spiro atoms. The largest absolute Gasteiger partial charge is 0.508 e. The number of nitrogens with one attached hydrogen (secondary N) is 1. The van der Waals surface area contributed by atoms with Gasteiger partial charge in [0.1, 0.15) is 5.75 Å². The molecule has 0 saturated heterocycles. The second-order valence-corrected chi connectivity index (χ2v) is 8.50. The molecule has 3 nitrogen and oxygen atoms in total. The molecule has 29 heavy (non-hydrogen) atoms. The summed E-state index contributed by atoms with van der Waals surface area (Å²) in [7, 11) is 0. The number of rotatable bonds is 5. The molecule has 0 bridgehead atoms. The number of amides is 1. The molecule has 0 unspecified atom stereocenters. The highest BCUT2D eigenvalue weighted by Gasteiger charge is 2.15. The highest BCUT2D eigenvalue weighted by Crippen LogP contribution is 2.30. The van der Waals surface area contributed by atoms with E-state index in [4.69, 9.17) is 0 Å². The number of hydrogen-bond acceptors (Lipinski definition) is 2. The van der Waals surface area contributed by atoms with E-state index >= 15 is 0 Å². The Balaban J connectivity index is 1.71. The van der Waals surface area contributed by atoms with Crippen LogP contribution in [0.3, 0.4) is 0 Å². The molecule has 3 heteroatoms. The smallest absolute Gasteiger partial charge is 0.251 e. The molecule has 2 N–H and O–H groups in total. The van der Waals surface area contributed by atoms with Crippen molar-refractivity contribution in [2.24, 2.45) is 0 Å². The van der Waals surface area contributed by atoms with Crippen LogP contribution in [0.2, 0.25) is 0 Å². The molecule has 150 valence electrons. The van der Waals surface area contributed by atoms with Crippen LogP contribution in [0, 0.1) is 6.92 Å². The van der Waals surface area contributed by atoms with Crippen LogP contribution in [0.1, 0.15) is 47.8 Å². The number of carbonyl (C=O) groups is 1. The van der Waals surface area contributed by atoms with Crippen LogP contribution < -0.4 is 5.32 Å². The van der Waals surface area contributed by atoms with E-state index in [1.807, 2.05) is 31.2 Å². The van der Waals surface area contributed by atoms with Crippen LogP contribution in [0.15, 0.2) is 66.7 Å². The van der Waals surface area contributed by atoms with E-state index in [9.17, 15) is 9.90 Å². The lowest BCUT2D eigenvalue weighted by molar-refractivity contribution is 0.0955. The lowest BCUT2D eigenvalue weighted by Gasteiger charge is -2.19. The minimum Gasteiger partial charge on any atom is -0.508 e. The second-order valence-electron chi connectivity index (χ2n) is 8.50. The molecule has 0 aliphatic carbocycles. The van der Waals surface area contributed by atoms with Gasteiger partial charge in [-0.05, 0) is 64.8 Å². The van der Waals surface area contributed by atoms with E-state index in [-0.39, 0.29) is 17.1 Å². The average Bonchev–Trinajstić information content (AvgIpc) is 2.68. The Bertz CT molecular complexity index is 998. The first kappa shape index (κ1) is 20.7. The van der Waals surface area contributed by atoms with Crippen molar-refractivity contribution in [2.45, 2.75) is 39.5 Å². The summed E-state index contributed by atoms with van der Waals surface area (Å²) in [4.78, 5) is 12.8. The van der Waals surface area contributed by atoms with Gasteiger partial charge in [0.2, 0.25) is 0 Å². The van der Waals surface area contributed by atoms with Gasteiger partial charge in [0.25, 0.3) is 5.91 Å². The van der Waals surface area contributed by atoms with Crippen LogP contribution in [0.4, 0.5) is 0 Å². The lowest BCUT2D eigenvalue weighted by atomic mass is 9.86. The maximum atomic E-state index is 12.8. The Morgan fingerprint density at radius 2 is 1.62 bits per heavy atom. The summed E-state index contributed by atoms with van der Waals surface area (Å²) in [6, 6.07) is 21.4. The van der Waals surface area contributed by atoms with Crippen molar-refractivity contribution in [3.63, 3.8) is 0 Å². The van der Waals surface area contributed by atoms with Gasteiger partial charge in [-0.3, -0.25) is 4.79 Å². The third-order valence-corrected chi connectivity index (χ3v) is 5.20. The summed E-state index contributed by atoms with van der Waals surface area (Å²) in [5, 5.41) is 13.0. The van der Waals surface area contributed by atoms with Crippen molar-refractivity contribution in [1.29, 1.82) is 0 Å². The molecular formula is C26H29NO2. The molecule has 0 fully saturated rings. The molecular weight excluding hydrogens is 358 g/mol. The van der Waals surface area contributed by atoms with Crippen molar-refractivity contribution in [3.05, 3.63) is 89.0 Å². The van der Waals surface area contributed by atoms with Crippen molar-refractivity contribution < 1.29 is 9.90 Å².